The SMILES string of the molecule is COC(=O)CC(=N)C1=CCCN(C(=O)OC(C)(C)C)C1. The Kier molecular flexibility index (Phi) is 5.30. The van der Waals surface area contributed by atoms with Crippen LogP contribution in [0.4, 0.5) is 4.79 Å². The normalized spacial score (nSPS) is 15.4. The molecule has 0 aromatic heterocycles. The molecule has 0 atom stereocenters. The van der Waals surface area contributed by atoms with Gasteiger partial charge in [-0.2, -0.15) is 0 Å². The molecule has 1 heterocycles. The number of hydrogen-bond donors (Lipinski definition) is 1. The standard InChI is InChI=1S/C14H22N2O4/c1-14(2,3)20-13(18)16-7-5-6-10(9-16)11(15)8-12(17)19-4/h6,15H,5,7-9H2,1-4H3. The lowest BCUT2D eigenvalue weighted by molar-refractivity contribution is -0.139. The number of rotatable bonds is 3. The van der Waals surface area contributed by atoms with E-state index in [1.54, 1.807) is 4.90 Å². The van der Waals surface area contributed by atoms with Crippen LogP contribution in [0.15, 0.2) is 11.6 Å². The summed E-state index contributed by atoms with van der Waals surface area (Å²) in [6.07, 6.45) is 2.06. The van der Waals surface area contributed by atoms with E-state index in [0.717, 1.165) is 0 Å². The minimum atomic E-state index is -0.544. The molecule has 0 aromatic carbocycles. The number of hydrogen-bond acceptors (Lipinski definition) is 5. The second kappa shape index (κ2) is 6.54. The van der Waals surface area contributed by atoms with E-state index in [2.05, 4.69) is 4.74 Å². The average Bonchev–Trinajstić information content (AvgIpc) is 2.36. The van der Waals surface area contributed by atoms with Gasteiger partial charge in [0.2, 0.25) is 0 Å². The average molecular weight is 282 g/mol. The van der Waals surface area contributed by atoms with Crippen LogP contribution < -0.4 is 0 Å². The molecule has 0 fully saturated rings. The molecular weight excluding hydrogens is 260 g/mol. The Hall–Kier alpha value is -1.85. The summed E-state index contributed by atoms with van der Waals surface area (Å²) in [7, 11) is 1.29. The van der Waals surface area contributed by atoms with Gasteiger partial charge in [0.05, 0.1) is 20.1 Å². The largest absolute Gasteiger partial charge is 0.469 e. The number of methoxy groups -OCH3 is 1. The number of carbonyl (C=O) groups is 2. The molecule has 0 radical (unpaired) electrons. The van der Waals surface area contributed by atoms with Crippen LogP contribution in [0.5, 0.6) is 0 Å². The Bertz CT molecular complexity index is 435. The second-order valence-corrected chi connectivity index (χ2v) is 5.65. The van der Waals surface area contributed by atoms with E-state index in [9.17, 15) is 9.59 Å². The van der Waals surface area contributed by atoms with Gasteiger partial charge in [0.25, 0.3) is 0 Å². The summed E-state index contributed by atoms with van der Waals surface area (Å²) in [6.45, 7) is 6.29. The first kappa shape index (κ1) is 16.2. The fourth-order valence-corrected chi connectivity index (χ4v) is 1.77. The van der Waals surface area contributed by atoms with E-state index in [1.807, 2.05) is 26.8 Å². The number of ether oxygens (including phenoxy) is 2. The number of nitrogens with zero attached hydrogens (tertiary/aromatic N) is 1. The van der Waals surface area contributed by atoms with Gasteiger partial charge >= 0.3 is 12.1 Å². The predicted octanol–water partition coefficient (Wildman–Crippen LogP) is 2.14. The van der Waals surface area contributed by atoms with Crippen molar-refractivity contribution in [2.45, 2.75) is 39.2 Å². The topological polar surface area (TPSA) is 79.7 Å². The molecule has 0 saturated carbocycles. The van der Waals surface area contributed by atoms with Gasteiger partial charge in [0, 0.05) is 12.3 Å². The smallest absolute Gasteiger partial charge is 0.410 e. The van der Waals surface area contributed by atoms with E-state index in [4.69, 9.17) is 10.1 Å². The van der Waals surface area contributed by atoms with Crippen LogP contribution in [-0.4, -0.2) is 48.5 Å². The predicted molar refractivity (Wildman–Crippen MR) is 74.9 cm³/mol. The zero-order chi connectivity index (χ0) is 15.3. The Morgan fingerprint density at radius 3 is 2.60 bits per heavy atom. The third-order valence-electron chi connectivity index (χ3n) is 2.74. The maximum atomic E-state index is 12.0. The van der Waals surface area contributed by atoms with Crippen LogP contribution in [-0.2, 0) is 14.3 Å². The summed E-state index contributed by atoms with van der Waals surface area (Å²) in [5.41, 5.74) is 0.315. The first-order chi connectivity index (χ1) is 9.23. The van der Waals surface area contributed by atoms with E-state index in [-0.39, 0.29) is 12.1 Å². The molecule has 0 saturated heterocycles. The molecule has 112 valence electrons. The van der Waals surface area contributed by atoms with Gasteiger partial charge in [-0.25, -0.2) is 4.79 Å². The number of amides is 1. The first-order valence-electron chi connectivity index (χ1n) is 6.54. The molecule has 0 spiro atoms. The molecule has 1 amide bonds. The zero-order valence-electron chi connectivity index (χ0n) is 12.5. The van der Waals surface area contributed by atoms with Crippen LogP contribution in [0.2, 0.25) is 0 Å². The summed E-state index contributed by atoms with van der Waals surface area (Å²) in [6, 6.07) is 0. The molecule has 1 aliphatic rings. The number of carbonyl (C=O) groups excluding carboxylic acids is 2. The number of esters is 1. The van der Waals surface area contributed by atoms with Crippen molar-refractivity contribution in [2.24, 2.45) is 0 Å². The minimum absolute atomic E-state index is 0.0789. The van der Waals surface area contributed by atoms with Crippen molar-refractivity contribution < 1.29 is 19.1 Å². The van der Waals surface area contributed by atoms with E-state index >= 15 is 0 Å². The van der Waals surface area contributed by atoms with Crippen LogP contribution in [0.3, 0.4) is 0 Å². The van der Waals surface area contributed by atoms with E-state index < -0.39 is 17.7 Å². The Morgan fingerprint density at radius 1 is 1.40 bits per heavy atom. The maximum absolute atomic E-state index is 12.0. The fraction of sp³-hybridized carbons (Fsp3) is 0.643. The molecule has 1 N–H and O–H groups in total. The van der Waals surface area contributed by atoms with Crippen molar-refractivity contribution in [3.8, 4) is 0 Å². The molecule has 20 heavy (non-hydrogen) atoms. The lowest BCUT2D eigenvalue weighted by Crippen LogP contribution is -2.41. The summed E-state index contributed by atoms with van der Waals surface area (Å²) in [5, 5.41) is 7.88. The van der Waals surface area contributed by atoms with Crippen LogP contribution in [0, 0.1) is 5.41 Å². The number of nitrogens with one attached hydrogen (secondary N) is 1. The highest BCUT2D eigenvalue weighted by molar-refractivity contribution is 6.07. The molecule has 0 unspecified atom stereocenters. The summed E-state index contributed by atoms with van der Waals surface area (Å²) < 4.78 is 9.84. The monoisotopic (exact) mass is 282 g/mol. The minimum Gasteiger partial charge on any atom is -0.469 e. The van der Waals surface area contributed by atoms with Crippen molar-refractivity contribution in [1.29, 1.82) is 5.41 Å². The molecule has 1 rings (SSSR count). The van der Waals surface area contributed by atoms with E-state index in [0.29, 0.717) is 25.1 Å². The third kappa shape index (κ3) is 5.03. The Balaban J connectivity index is 2.62. The fourth-order valence-electron chi connectivity index (χ4n) is 1.77. The zero-order valence-corrected chi connectivity index (χ0v) is 12.5. The second-order valence-electron chi connectivity index (χ2n) is 5.65. The van der Waals surface area contributed by atoms with Crippen molar-refractivity contribution in [1.82, 2.24) is 4.90 Å². The molecular formula is C14H22N2O4. The van der Waals surface area contributed by atoms with Gasteiger partial charge < -0.3 is 19.8 Å². The lowest BCUT2D eigenvalue weighted by Gasteiger charge is -2.30. The van der Waals surface area contributed by atoms with Crippen molar-refractivity contribution >= 4 is 17.8 Å². The van der Waals surface area contributed by atoms with Gasteiger partial charge in [-0.1, -0.05) is 6.08 Å². The molecule has 0 aromatic rings. The summed E-state index contributed by atoms with van der Waals surface area (Å²) >= 11 is 0. The summed E-state index contributed by atoms with van der Waals surface area (Å²) in [4.78, 5) is 24.7. The quantitative estimate of drug-likeness (QED) is 0.635. The van der Waals surface area contributed by atoms with Crippen LogP contribution in [0.25, 0.3) is 0 Å². The third-order valence-corrected chi connectivity index (χ3v) is 2.74. The van der Waals surface area contributed by atoms with Gasteiger partial charge in [0.1, 0.15) is 5.60 Å². The highest BCUT2D eigenvalue weighted by Gasteiger charge is 2.25. The Morgan fingerprint density at radius 2 is 2.05 bits per heavy atom. The van der Waals surface area contributed by atoms with Gasteiger partial charge in [-0.15, -0.1) is 0 Å². The Labute approximate surface area is 119 Å². The van der Waals surface area contributed by atoms with Crippen LogP contribution in [0.1, 0.15) is 33.6 Å². The maximum Gasteiger partial charge on any atom is 0.410 e. The van der Waals surface area contributed by atoms with Crippen molar-refractivity contribution in [2.75, 3.05) is 20.2 Å². The van der Waals surface area contributed by atoms with Crippen LogP contribution >= 0.6 is 0 Å². The molecule has 6 heteroatoms. The van der Waals surface area contributed by atoms with Gasteiger partial charge in [-0.3, -0.25) is 4.79 Å². The molecule has 1 aliphatic heterocycles. The lowest BCUT2D eigenvalue weighted by atomic mass is 10.0. The summed E-state index contributed by atoms with van der Waals surface area (Å²) in [5.74, 6) is -0.453. The highest BCUT2D eigenvalue weighted by atomic mass is 16.6. The van der Waals surface area contributed by atoms with Crippen molar-refractivity contribution in [3.05, 3.63) is 11.6 Å². The molecule has 6 nitrogen and oxygen atoms in total. The van der Waals surface area contributed by atoms with Gasteiger partial charge in [0.15, 0.2) is 0 Å². The molecule has 0 bridgehead atoms. The van der Waals surface area contributed by atoms with Crippen molar-refractivity contribution in [3.63, 3.8) is 0 Å². The van der Waals surface area contributed by atoms with E-state index in [1.165, 1.54) is 7.11 Å². The van der Waals surface area contributed by atoms with Gasteiger partial charge in [-0.05, 0) is 32.8 Å². The highest BCUT2D eigenvalue weighted by Crippen LogP contribution is 2.16. The first-order valence-corrected chi connectivity index (χ1v) is 6.54. The molecule has 0 aliphatic carbocycles.